The largest absolute Gasteiger partial charge is 0.497 e. The highest BCUT2D eigenvalue weighted by Gasteiger charge is 2.39. The zero-order valence-electron chi connectivity index (χ0n) is 15.8. The molecule has 0 saturated carbocycles. The van der Waals surface area contributed by atoms with Gasteiger partial charge in [0.1, 0.15) is 5.75 Å². The van der Waals surface area contributed by atoms with E-state index in [1.807, 2.05) is 82.7 Å². The number of para-hydroxylation sites is 1. The molecule has 1 aliphatic heterocycles. The van der Waals surface area contributed by atoms with Crippen molar-refractivity contribution in [3.05, 3.63) is 90.5 Å². The van der Waals surface area contributed by atoms with Gasteiger partial charge in [0.25, 0.3) is 0 Å². The van der Waals surface area contributed by atoms with E-state index in [0.29, 0.717) is 5.84 Å². The molecule has 4 rings (SSSR count). The van der Waals surface area contributed by atoms with E-state index in [9.17, 15) is 4.79 Å². The molecule has 0 bridgehead atoms. The topological polar surface area (TPSA) is 45.1 Å². The maximum atomic E-state index is 12.5. The normalized spacial score (nSPS) is 16.1. The molecule has 28 heavy (non-hydrogen) atoms. The van der Waals surface area contributed by atoms with Gasteiger partial charge in [0.2, 0.25) is 0 Å². The first kappa shape index (κ1) is 17.8. The van der Waals surface area contributed by atoms with E-state index in [1.165, 1.54) is 0 Å². The fraction of sp³-hybridized carbons (Fsp3) is 0.130. The van der Waals surface area contributed by atoms with Crippen molar-refractivity contribution in [1.29, 1.82) is 0 Å². The van der Waals surface area contributed by atoms with Gasteiger partial charge in [-0.2, -0.15) is 0 Å². The molecule has 0 amide bonds. The quantitative estimate of drug-likeness (QED) is 0.656. The molecule has 0 N–H and O–H groups in total. The van der Waals surface area contributed by atoms with Crippen LogP contribution in [-0.4, -0.2) is 18.7 Å². The molecule has 0 fully saturated rings. The molecule has 0 spiro atoms. The van der Waals surface area contributed by atoms with E-state index in [0.717, 1.165) is 22.7 Å². The number of hydrogen-bond acceptors (Lipinski definition) is 5. The van der Waals surface area contributed by atoms with E-state index in [-0.39, 0.29) is 11.9 Å². The number of amidine groups is 1. The van der Waals surface area contributed by atoms with E-state index in [4.69, 9.17) is 9.84 Å². The third-order valence-corrected chi connectivity index (χ3v) is 4.69. The van der Waals surface area contributed by atoms with Crippen molar-refractivity contribution >= 4 is 23.0 Å². The van der Waals surface area contributed by atoms with Gasteiger partial charge < -0.3 is 4.74 Å². The summed E-state index contributed by atoms with van der Waals surface area (Å²) in [5.41, 5.74) is 2.84. The minimum atomic E-state index is -0.268. The Morgan fingerprint density at radius 3 is 2.04 bits per heavy atom. The number of methoxy groups -OCH3 is 1. The summed E-state index contributed by atoms with van der Waals surface area (Å²) in [6.07, 6.45) is -0.268. The lowest BCUT2D eigenvalue weighted by molar-refractivity contribution is -0.111. The molecule has 0 saturated heterocycles. The van der Waals surface area contributed by atoms with E-state index < -0.39 is 0 Å². The van der Waals surface area contributed by atoms with Crippen LogP contribution in [0.5, 0.6) is 5.75 Å². The number of rotatable bonds is 5. The van der Waals surface area contributed by atoms with Crippen molar-refractivity contribution in [3.63, 3.8) is 0 Å². The third-order valence-electron chi connectivity index (χ3n) is 4.69. The Morgan fingerprint density at radius 1 is 0.857 bits per heavy atom. The van der Waals surface area contributed by atoms with Gasteiger partial charge in [-0.25, -0.2) is 5.01 Å². The Bertz CT molecular complexity index is 985. The summed E-state index contributed by atoms with van der Waals surface area (Å²) in [6.45, 7) is 1.55. The van der Waals surface area contributed by atoms with Crippen LogP contribution in [0.4, 0.5) is 11.4 Å². The van der Waals surface area contributed by atoms with Crippen molar-refractivity contribution in [2.24, 2.45) is 5.10 Å². The maximum absolute atomic E-state index is 12.5. The van der Waals surface area contributed by atoms with Crippen LogP contribution in [0.15, 0.2) is 90.0 Å². The van der Waals surface area contributed by atoms with Crippen molar-refractivity contribution in [2.75, 3.05) is 17.0 Å². The summed E-state index contributed by atoms with van der Waals surface area (Å²) in [4.78, 5) is 14.5. The van der Waals surface area contributed by atoms with Crippen LogP contribution in [0.25, 0.3) is 0 Å². The molecule has 3 aromatic rings. The number of ketones is 1. The summed E-state index contributed by atoms with van der Waals surface area (Å²) in [5.74, 6) is 1.08. The van der Waals surface area contributed by atoms with Crippen LogP contribution < -0.4 is 14.6 Å². The predicted octanol–water partition coefficient (Wildman–Crippen LogP) is 4.62. The Hall–Kier alpha value is -3.60. The first-order valence-electron chi connectivity index (χ1n) is 9.11. The smallest absolute Gasteiger partial charge is 0.198 e. The molecule has 140 valence electrons. The highest BCUT2D eigenvalue weighted by Crippen LogP contribution is 2.39. The molecule has 1 heterocycles. The SMILES string of the molecule is COc1ccc(N2C(C(C)=O)=NN(c3ccccc3)[C@H]2c2ccccc2)cc1. The Balaban J connectivity index is 1.87. The summed E-state index contributed by atoms with van der Waals surface area (Å²) < 4.78 is 5.28. The Labute approximate surface area is 164 Å². The van der Waals surface area contributed by atoms with Gasteiger partial charge >= 0.3 is 0 Å². The average molecular weight is 371 g/mol. The Kier molecular flexibility index (Phi) is 4.81. The van der Waals surface area contributed by atoms with E-state index in [1.54, 1.807) is 14.0 Å². The molecule has 5 heteroatoms. The highest BCUT2D eigenvalue weighted by molar-refractivity contribution is 6.44. The number of Topliss-reactive ketones (excluding diaryl/α,β-unsaturated/α-hetero) is 1. The van der Waals surface area contributed by atoms with Gasteiger partial charge in [0.05, 0.1) is 12.8 Å². The second-order valence-corrected chi connectivity index (χ2v) is 6.51. The molecule has 1 aliphatic rings. The van der Waals surface area contributed by atoms with Crippen molar-refractivity contribution in [1.82, 2.24) is 0 Å². The molecule has 5 nitrogen and oxygen atoms in total. The average Bonchev–Trinajstić information content (AvgIpc) is 3.16. The molecule has 0 aliphatic carbocycles. The second kappa shape index (κ2) is 7.56. The lowest BCUT2D eigenvalue weighted by Gasteiger charge is -2.32. The molecule has 1 atom stereocenters. The fourth-order valence-electron chi connectivity index (χ4n) is 3.37. The van der Waals surface area contributed by atoms with Crippen molar-refractivity contribution < 1.29 is 9.53 Å². The maximum Gasteiger partial charge on any atom is 0.198 e. The van der Waals surface area contributed by atoms with Crippen LogP contribution in [0.2, 0.25) is 0 Å². The minimum absolute atomic E-state index is 0.0878. The number of nitrogens with zero attached hydrogens (tertiary/aromatic N) is 3. The minimum Gasteiger partial charge on any atom is -0.497 e. The predicted molar refractivity (Wildman–Crippen MR) is 112 cm³/mol. The molecule has 0 radical (unpaired) electrons. The molecule has 3 aromatic carbocycles. The number of ether oxygens (including phenoxy) is 1. The van der Waals surface area contributed by atoms with Crippen LogP contribution in [0.1, 0.15) is 18.7 Å². The zero-order valence-corrected chi connectivity index (χ0v) is 15.8. The van der Waals surface area contributed by atoms with Gasteiger partial charge in [-0.3, -0.25) is 9.69 Å². The number of carbonyl (C=O) groups is 1. The number of hydrogen-bond donors (Lipinski definition) is 0. The number of carbonyl (C=O) groups excluding carboxylic acids is 1. The van der Waals surface area contributed by atoms with Crippen LogP contribution in [0, 0.1) is 0 Å². The first-order chi connectivity index (χ1) is 13.7. The molecular formula is C23H21N3O2. The summed E-state index contributed by atoms with van der Waals surface area (Å²) in [7, 11) is 1.64. The summed E-state index contributed by atoms with van der Waals surface area (Å²) >= 11 is 0. The number of anilines is 2. The van der Waals surface area contributed by atoms with E-state index >= 15 is 0 Å². The van der Waals surface area contributed by atoms with Gasteiger partial charge in [-0.05, 0) is 42.0 Å². The Morgan fingerprint density at radius 2 is 1.46 bits per heavy atom. The summed E-state index contributed by atoms with van der Waals surface area (Å²) in [5, 5.41) is 6.61. The zero-order chi connectivity index (χ0) is 19.5. The fourth-order valence-corrected chi connectivity index (χ4v) is 3.37. The monoisotopic (exact) mass is 371 g/mol. The second-order valence-electron chi connectivity index (χ2n) is 6.51. The number of benzene rings is 3. The van der Waals surface area contributed by atoms with Crippen LogP contribution >= 0.6 is 0 Å². The third kappa shape index (κ3) is 3.22. The lowest BCUT2D eigenvalue weighted by atomic mass is 10.1. The summed E-state index contributed by atoms with van der Waals surface area (Å²) in [6, 6.07) is 27.6. The molecular weight excluding hydrogens is 350 g/mol. The van der Waals surface area contributed by atoms with E-state index in [2.05, 4.69) is 12.1 Å². The highest BCUT2D eigenvalue weighted by atomic mass is 16.5. The molecule has 0 aromatic heterocycles. The van der Waals surface area contributed by atoms with Crippen molar-refractivity contribution in [2.45, 2.75) is 13.1 Å². The van der Waals surface area contributed by atoms with Gasteiger partial charge in [-0.1, -0.05) is 48.5 Å². The first-order valence-corrected chi connectivity index (χ1v) is 9.11. The van der Waals surface area contributed by atoms with Gasteiger partial charge in [0, 0.05) is 12.6 Å². The standard InChI is InChI=1S/C23H21N3O2/c1-17(27)22-24-26(20-11-7-4-8-12-20)23(18-9-5-3-6-10-18)25(22)19-13-15-21(28-2)16-14-19/h3-16,23H,1-2H3/t23-/m0/s1. The van der Waals surface area contributed by atoms with Crippen molar-refractivity contribution in [3.8, 4) is 5.75 Å². The molecule has 0 unspecified atom stereocenters. The van der Waals surface area contributed by atoms with Gasteiger partial charge in [-0.15, -0.1) is 5.10 Å². The van der Waals surface area contributed by atoms with Crippen LogP contribution in [-0.2, 0) is 4.79 Å². The number of hydrazone groups is 1. The van der Waals surface area contributed by atoms with Crippen LogP contribution in [0.3, 0.4) is 0 Å². The lowest BCUT2D eigenvalue weighted by Crippen LogP contribution is -2.37. The van der Waals surface area contributed by atoms with Gasteiger partial charge in [0.15, 0.2) is 17.8 Å².